The second-order valence-electron chi connectivity index (χ2n) is 9.49. The van der Waals surface area contributed by atoms with Gasteiger partial charge in [-0.1, -0.05) is 32.0 Å². The largest absolute Gasteiger partial charge is 0.480 e. The molecule has 0 spiro atoms. The molecule has 1 aromatic heterocycles. The van der Waals surface area contributed by atoms with Crippen molar-refractivity contribution in [3.8, 4) is 0 Å². The van der Waals surface area contributed by atoms with Crippen molar-refractivity contribution in [2.75, 3.05) is 12.3 Å². The first-order chi connectivity index (χ1) is 18.4. The molecular formula is C25H38N8O5S. The van der Waals surface area contributed by atoms with Crippen LogP contribution in [0.3, 0.4) is 0 Å². The van der Waals surface area contributed by atoms with E-state index in [9.17, 15) is 24.3 Å². The zero-order chi connectivity index (χ0) is 29.1. The molecule has 0 aliphatic rings. The minimum absolute atomic E-state index is 0.0493. The number of amides is 3. The first-order valence-corrected chi connectivity index (χ1v) is 13.2. The van der Waals surface area contributed by atoms with Crippen LogP contribution in [0, 0.1) is 5.92 Å². The molecule has 3 amide bonds. The Labute approximate surface area is 232 Å². The number of fused-ring (bicyclic) bond motifs is 1. The molecule has 0 fully saturated rings. The number of carbonyl (C=O) groups excluding carboxylic acids is 3. The van der Waals surface area contributed by atoms with Gasteiger partial charge in [-0.25, -0.2) is 4.79 Å². The number of thiol groups is 1. The summed E-state index contributed by atoms with van der Waals surface area (Å²) in [6.45, 7) is 3.60. The van der Waals surface area contributed by atoms with E-state index in [0.29, 0.717) is 6.42 Å². The van der Waals surface area contributed by atoms with E-state index >= 15 is 0 Å². The lowest BCUT2D eigenvalue weighted by atomic mass is 10.0. The number of nitrogens with two attached hydrogens (primary N) is 3. The first kappa shape index (κ1) is 31.4. The van der Waals surface area contributed by atoms with Gasteiger partial charge in [0.1, 0.15) is 18.1 Å². The molecule has 0 aliphatic heterocycles. The number of para-hydroxylation sites is 1. The molecule has 0 bridgehead atoms. The molecule has 39 heavy (non-hydrogen) atoms. The second kappa shape index (κ2) is 15.0. The molecule has 11 N–H and O–H groups in total. The third-order valence-corrected chi connectivity index (χ3v) is 6.44. The predicted molar refractivity (Wildman–Crippen MR) is 152 cm³/mol. The SMILES string of the molecule is CC(C)C(NC(=O)C(CS)NC(=O)C(N)Cc1c[nH]c2ccccc12)C(=O)NC(CCCN=C(N)N)C(=O)O. The molecule has 2 rings (SSSR count). The number of guanidine groups is 1. The number of carbonyl (C=O) groups is 4. The highest BCUT2D eigenvalue weighted by atomic mass is 32.1. The summed E-state index contributed by atoms with van der Waals surface area (Å²) in [4.78, 5) is 57.3. The molecule has 4 atom stereocenters. The number of nitrogens with one attached hydrogen (secondary N) is 4. The summed E-state index contributed by atoms with van der Waals surface area (Å²) >= 11 is 4.18. The smallest absolute Gasteiger partial charge is 0.326 e. The fourth-order valence-electron chi connectivity index (χ4n) is 3.91. The quantitative estimate of drug-likeness (QED) is 0.0577. The fraction of sp³-hybridized carbons (Fsp3) is 0.480. The standard InChI is InChI=1S/C25H38N8O5S/c1-13(2)20(23(36)31-18(24(37)38)8-5-9-29-25(27)28)33-22(35)19(12-39)32-21(34)16(26)10-14-11-30-17-7-4-3-6-15(14)17/h3-4,6-7,11,13,16,18-20,30,39H,5,8-10,12,26H2,1-2H3,(H,31,36)(H,32,34)(H,33,35)(H,37,38)(H4,27,28,29). The molecule has 4 unspecified atom stereocenters. The van der Waals surface area contributed by atoms with E-state index in [1.165, 1.54) is 0 Å². The van der Waals surface area contributed by atoms with Crippen LogP contribution in [-0.4, -0.2) is 76.2 Å². The van der Waals surface area contributed by atoms with Crippen molar-refractivity contribution in [3.05, 3.63) is 36.0 Å². The highest BCUT2D eigenvalue weighted by molar-refractivity contribution is 7.80. The maximum absolute atomic E-state index is 13.0. The normalized spacial score (nSPS) is 14.2. The zero-order valence-corrected chi connectivity index (χ0v) is 22.9. The maximum atomic E-state index is 13.0. The summed E-state index contributed by atoms with van der Waals surface area (Å²) in [5.41, 5.74) is 18.4. The molecule has 0 radical (unpaired) electrons. The van der Waals surface area contributed by atoms with Crippen molar-refractivity contribution in [2.45, 2.75) is 57.3 Å². The van der Waals surface area contributed by atoms with Crippen molar-refractivity contribution in [3.63, 3.8) is 0 Å². The van der Waals surface area contributed by atoms with E-state index in [-0.39, 0.29) is 37.0 Å². The summed E-state index contributed by atoms with van der Waals surface area (Å²) in [5.74, 6) is -3.65. The molecule has 0 saturated carbocycles. The molecule has 2 aromatic rings. The number of rotatable bonds is 15. The minimum atomic E-state index is -1.23. The number of carboxylic acids is 1. The van der Waals surface area contributed by atoms with Gasteiger partial charge >= 0.3 is 5.97 Å². The van der Waals surface area contributed by atoms with Crippen LogP contribution in [0.15, 0.2) is 35.5 Å². The van der Waals surface area contributed by atoms with Crippen LogP contribution in [0.1, 0.15) is 32.3 Å². The number of H-pyrrole nitrogens is 1. The Morgan fingerprint density at radius 3 is 2.31 bits per heavy atom. The fourth-order valence-corrected chi connectivity index (χ4v) is 4.17. The lowest BCUT2D eigenvalue weighted by Gasteiger charge is -2.26. The Morgan fingerprint density at radius 2 is 1.69 bits per heavy atom. The maximum Gasteiger partial charge on any atom is 0.326 e. The Kier molecular flexibility index (Phi) is 12.1. The van der Waals surface area contributed by atoms with Crippen LogP contribution in [0.25, 0.3) is 10.9 Å². The summed E-state index contributed by atoms with van der Waals surface area (Å²) in [6.07, 6.45) is 2.44. The molecule has 13 nitrogen and oxygen atoms in total. The molecule has 214 valence electrons. The Bertz CT molecular complexity index is 1180. The average Bonchev–Trinajstić information content (AvgIpc) is 3.29. The Morgan fingerprint density at radius 1 is 1.03 bits per heavy atom. The van der Waals surface area contributed by atoms with E-state index in [0.717, 1.165) is 16.5 Å². The molecule has 14 heteroatoms. The van der Waals surface area contributed by atoms with Gasteiger partial charge in [0.05, 0.1) is 6.04 Å². The number of hydrogen-bond donors (Lipinski definition) is 9. The van der Waals surface area contributed by atoms with E-state index in [1.807, 2.05) is 24.3 Å². The third-order valence-electron chi connectivity index (χ3n) is 6.07. The lowest BCUT2D eigenvalue weighted by molar-refractivity contribution is -0.142. The summed E-state index contributed by atoms with van der Waals surface area (Å²) in [6, 6.07) is 3.36. The third kappa shape index (κ3) is 9.48. The predicted octanol–water partition coefficient (Wildman–Crippen LogP) is -0.784. The van der Waals surface area contributed by atoms with E-state index in [4.69, 9.17) is 17.2 Å². The van der Waals surface area contributed by atoms with Gasteiger partial charge in [0, 0.05) is 29.4 Å². The van der Waals surface area contributed by atoms with Crippen molar-refractivity contribution >= 4 is 53.2 Å². The van der Waals surface area contributed by atoms with Gasteiger partial charge in [0.25, 0.3) is 0 Å². The van der Waals surface area contributed by atoms with Crippen molar-refractivity contribution in [1.29, 1.82) is 0 Å². The monoisotopic (exact) mass is 562 g/mol. The van der Waals surface area contributed by atoms with Gasteiger partial charge in [-0.15, -0.1) is 0 Å². The lowest BCUT2D eigenvalue weighted by Crippen LogP contribution is -2.59. The van der Waals surface area contributed by atoms with Gasteiger partial charge in [-0.05, 0) is 36.8 Å². The topological polar surface area (TPSA) is 231 Å². The van der Waals surface area contributed by atoms with Crippen LogP contribution in [0.5, 0.6) is 0 Å². The second-order valence-corrected chi connectivity index (χ2v) is 9.86. The van der Waals surface area contributed by atoms with Gasteiger partial charge in [-0.2, -0.15) is 12.6 Å². The number of carboxylic acid groups (broad SMARTS) is 1. The highest BCUT2D eigenvalue weighted by Crippen LogP contribution is 2.18. The molecule has 1 aromatic carbocycles. The summed E-state index contributed by atoms with van der Waals surface area (Å²) < 4.78 is 0. The number of nitrogens with zero attached hydrogens (tertiary/aromatic N) is 1. The van der Waals surface area contributed by atoms with Crippen LogP contribution in [0.2, 0.25) is 0 Å². The van der Waals surface area contributed by atoms with E-state index in [2.05, 4.69) is 38.6 Å². The number of aromatic nitrogens is 1. The number of hydrogen-bond acceptors (Lipinski definition) is 7. The van der Waals surface area contributed by atoms with Gasteiger partial charge in [-0.3, -0.25) is 19.4 Å². The number of aromatic amines is 1. The van der Waals surface area contributed by atoms with Gasteiger partial charge in [0.2, 0.25) is 17.7 Å². The Balaban J connectivity index is 1.99. The van der Waals surface area contributed by atoms with Crippen LogP contribution in [-0.2, 0) is 25.6 Å². The van der Waals surface area contributed by atoms with Gasteiger partial charge in [0.15, 0.2) is 5.96 Å². The molecule has 1 heterocycles. The average molecular weight is 563 g/mol. The van der Waals surface area contributed by atoms with Crippen LogP contribution >= 0.6 is 12.6 Å². The van der Waals surface area contributed by atoms with Crippen molar-refractivity contribution in [2.24, 2.45) is 28.1 Å². The van der Waals surface area contributed by atoms with E-state index < -0.39 is 47.9 Å². The van der Waals surface area contributed by atoms with Crippen LogP contribution in [0.4, 0.5) is 0 Å². The summed E-state index contributed by atoms with van der Waals surface area (Å²) in [5, 5.41) is 18.1. The minimum Gasteiger partial charge on any atom is -0.480 e. The summed E-state index contributed by atoms with van der Waals surface area (Å²) in [7, 11) is 0. The van der Waals surface area contributed by atoms with Crippen molar-refractivity contribution in [1.82, 2.24) is 20.9 Å². The first-order valence-electron chi connectivity index (χ1n) is 12.5. The number of aliphatic carboxylic acids is 1. The zero-order valence-electron chi connectivity index (χ0n) is 22.0. The highest BCUT2D eigenvalue weighted by Gasteiger charge is 2.31. The number of aliphatic imine (C=N–C) groups is 1. The Hall–Kier alpha value is -3.78. The van der Waals surface area contributed by atoms with Gasteiger partial charge < -0.3 is 43.2 Å². The van der Waals surface area contributed by atoms with Crippen LogP contribution < -0.4 is 33.2 Å². The van der Waals surface area contributed by atoms with Crippen molar-refractivity contribution < 1.29 is 24.3 Å². The molecular weight excluding hydrogens is 524 g/mol. The molecule has 0 saturated heterocycles. The van der Waals surface area contributed by atoms with E-state index in [1.54, 1.807) is 20.0 Å². The number of benzene rings is 1. The molecule has 0 aliphatic carbocycles.